The van der Waals surface area contributed by atoms with Crippen molar-refractivity contribution >= 4 is 21.8 Å². The summed E-state index contributed by atoms with van der Waals surface area (Å²) in [6, 6.07) is 6.63. The van der Waals surface area contributed by atoms with Crippen LogP contribution >= 0.6 is 11.8 Å². The summed E-state index contributed by atoms with van der Waals surface area (Å²) >= 11 is 1.63. The molecule has 0 saturated carbocycles. The van der Waals surface area contributed by atoms with Crippen molar-refractivity contribution in [3.63, 3.8) is 0 Å². The Bertz CT molecular complexity index is 515. The van der Waals surface area contributed by atoms with Crippen LogP contribution in [-0.2, 0) is 10.0 Å². The smallest absolute Gasteiger partial charge is 0.243 e. The van der Waals surface area contributed by atoms with E-state index in [1.165, 1.54) is 4.31 Å². The van der Waals surface area contributed by atoms with E-state index in [1.807, 2.05) is 26.2 Å². The van der Waals surface area contributed by atoms with Gasteiger partial charge in [-0.05, 0) is 37.8 Å². The first kappa shape index (κ1) is 16.5. The van der Waals surface area contributed by atoms with Gasteiger partial charge >= 0.3 is 0 Å². The number of benzene rings is 1. The fourth-order valence-electron chi connectivity index (χ4n) is 1.71. The highest BCUT2D eigenvalue weighted by Gasteiger charge is 2.25. The maximum Gasteiger partial charge on any atom is 0.243 e. The van der Waals surface area contributed by atoms with E-state index in [1.54, 1.807) is 37.0 Å². The van der Waals surface area contributed by atoms with Gasteiger partial charge in [0.15, 0.2) is 0 Å². The second-order valence-electron chi connectivity index (χ2n) is 4.69. The van der Waals surface area contributed by atoms with Gasteiger partial charge in [-0.15, -0.1) is 0 Å². The molecule has 19 heavy (non-hydrogen) atoms. The summed E-state index contributed by atoms with van der Waals surface area (Å²) in [6.07, 6.45) is 1.97. The minimum Gasteiger partial charge on any atom is -0.324 e. The van der Waals surface area contributed by atoms with E-state index in [2.05, 4.69) is 0 Å². The third kappa shape index (κ3) is 3.95. The van der Waals surface area contributed by atoms with Crippen LogP contribution in [0.25, 0.3) is 0 Å². The van der Waals surface area contributed by atoms with Crippen LogP contribution < -0.4 is 5.73 Å². The number of hydrogen-bond donors (Lipinski definition) is 1. The molecule has 0 aromatic heterocycles. The van der Waals surface area contributed by atoms with Gasteiger partial charge in [-0.25, -0.2) is 8.42 Å². The second kappa shape index (κ2) is 6.74. The Kier molecular flexibility index (Phi) is 5.85. The lowest BCUT2D eigenvalue weighted by atomic mass is 10.1. The van der Waals surface area contributed by atoms with Crippen LogP contribution in [0, 0.1) is 0 Å². The molecule has 2 unspecified atom stereocenters. The summed E-state index contributed by atoms with van der Waals surface area (Å²) < 4.78 is 26.4. The predicted molar refractivity (Wildman–Crippen MR) is 81.8 cm³/mol. The third-order valence-corrected chi connectivity index (χ3v) is 5.87. The van der Waals surface area contributed by atoms with E-state index in [9.17, 15) is 8.42 Å². The highest BCUT2D eigenvalue weighted by molar-refractivity contribution is 7.98. The zero-order valence-corrected chi connectivity index (χ0v) is 13.5. The van der Waals surface area contributed by atoms with Gasteiger partial charge in [-0.2, -0.15) is 16.1 Å². The SMILES string of the molecule is CSCC(C)N(C)S(=O)(=O)c1cccc(C(C)N)c1. The van der Waals surface area contributed by atoms with Gasteiger partial charge in [0.1, 0.15) is 0 Å². The van der Waals surface area contributed by atoms with Crippen molar-refractivity contribution in [1.82, 2.24) is 4.31 Å². The van der Waals surface area contributed by atoms with Crippen molar-refractivity contribution < 1.29 is 8.42 Å². The predicted octanol–water partition coefficient (Wildman–Crippen LogP) is 2.08. The monoisotopic (exact) mass is 302 g/mol. The summed E-state index contributed by atoms with van der Waals surface area (Å²) in [5.74, 6) is 0.767. The maximum absolute atomic E-state index is 12.5. The molecule has 0 saturated heterocycles. The molecule has 6 heteroatoms. The van der Waals surface area contributed by atoms with E-state index in [4.69, 9.17) is 5.73 Å². The van der Waals surface area contributed by atoms with Gasteiger partial charge in [0.25, 0.3) is 0 Å². The zero-order chi connectivity index (χ0) is 14.6. The van der Waals surface area contributed by atoms with Gasteiger partial charge in [-0.3, -0.25) is 0 Å². The second-order valence-corrected chi connectivity index (χ2v) is 7.59. The molecule has 0 aliphatic rings. The lowest BCUT2D eigenvalue weighted by Gasteiger charge is -2.24. The van der Waals surface area contributed by atoms with Crippen LogP contribution in [0.3, 0.4) is 0 Å². The molecular weight excluding hydrogens is 280 g/mol. The van der Waals surface area contributed by atoms with Crippen LogP contribution in [0.1, 0.15) is 25.5 Å². The molecule has 0 spiro atoms. The van der Waals surface area contributed by atoms with Crippen LogP contribution in [-0.4, -0.2) is 37.8 Å². The van der Waals surface area contributed by atoms with E-state index in [0.717, 1.165) is 11.3 Å². The van der Waals surface area contributed by atoms with Gasteiger partial charge < -0.3 is 5.73 Å². The Morgan fingerprint density at radius 3 is 2.53 bits per heavy atom. The van der Waals surface area contributed by atoms with Gasteiger partial charge in [0.2, 0.25) is 10.0 Å². The van der Waals surface area contributed by atoms with E-state index in [0.29, 0.717) is 4.90 Å². The standard InChI is InChI=1S/C13H22N2O2S2/c1-10(9-18-4)15(3)19(16,17)13-7-5-6-12(8-13)11(2)14/h5-8,10-11H,9,14H2,1-4H3. The topological polar surface area (TPSA) is 63.4 Å². The number of hydrogen-bond acceptors (Lipinski definition) is 4. The van der Waals surface area contributed by atoms with Crippen molar-refractivity contribution in [2.45, 2.75) is 30.8 Å². The Hall–Kier alpha value is -0.560. The quantitative estimate of drug-likeness (QED) is 0.874. The number of sulfonamides is 1. The first-order chi connectivity index (χ1) is 8.80. The van der Waals surface area contributed by atoms with E-state index < -0.39 is 10.0 Å². The van der Waals surface area contributed by atoms with Crippen molar-refractivity contribution in [3.05, 3.63) is 29.8 Å². The molecule has 0 amide bonds. The summed E-state index contributed by atoms with van der Waals surface area (Å²) in [7, 11) is -1.83. The van der Waals surface area contributed by atoms with Crippen LogP contribution in [0.5, 0.6) is 0 Å². The largest absolute Gasteiger partial charge is 0.324 e. The molecule has 0 aliphatic carbocycles. The van der Waals surface area contributed by atoms with Crippen LogP contribution in [0.4, 0.5) is 0 Å². The molecule has 2 N–H and O–H groups in total. The fourth-order valence-corrected chi connectivity index (χ4v) is 3.92. The lowest BCUT2D eigenvalue weighted by Crippen LogP contribution is -2.36. The zero-order valence-electron chi connectivity index (χ0n) is 11.8. The average molecular weight is 302 g/mol. The minimum absolute atomic E-state index is 0.0426. The molecule has 0 bridgehead atoms. The lowest BCUT2D eigenvalue weighted by molar-refractivity contribution is 0.415. The molecule has 2 atom stereocenters. The van der Waals surface area contributed by atoms with Crippen molar-refractivity contribution in [2.24, 2.45) is 5.73 Å². The Balaban J connectivity index is 3.09. The molecule has 1 aromatic carbocycles. The number of nitrogens with two attached hydrogens (primary N) is 1. The molecule has 0 aliphatic heterocycles. The maximum atomic E-state index is 12.5. The Labute approximate surface area is 120 Å². The van der Waals surface area contributed by atoms with Gasteiger partial charge in [0.05, 0.1) is 4.90 Å². The molecule has 0 fully saturated rings. The van der Waals surface area contributed by atoms with Gasteiger partial charge in [-0.1, -0.05) is 12.1 Å². The van der Waals surface area contributed by atoms with Crippen molar-refractivity contribution in [2.75, 3.05) is 19.1 Å². The summed E-state index contributed by atoms with van der Waals surface area (Å²) in [6.45, 7) is 3.75. The summed E-state index contributed by atoms with van der Waals surface area (Å²) in [5, 5.41) is 0. The minimum atomic E-state index is -3.45. The van der Waals surface area contributed by atoms with E-state index >= 15 is 0 Å². The van der Waals surface area contributed by atoms with Crippen LogP contribution in [0.15, 0.2) is 29.2 Å². The van der Waals surface area contributed by atoms with Crippen LogP contribution in [0.2, 0.25) is 0 Å². The summed E-state index contributed by atoms with van der Waals surface area (Å²) in [5.41, 5.74) is 6.62. The first-order valence-corrected chi connectivity index (χ1v) is 8.96. The first-order valence-electron chi connectivity index (χ1n) is 6.13. The molecule has 108 valence electrons. The molecule has 4 nitrogen and oxygen atoms in total. The number of thioether (sulfide) groups is 1. The average Bonchev–Trinajstić information content (AvgIpc) is 2.38. The molecule has 1 aromatic rings. The Morgan fingerprint density at radius 1 is 1.37 bits per heavy atom. The highest BCUT2D eigenvalue weighted by atomic mass is 32.2. The normalized spacial score (nSPS) is 15.5. The number of rotatable bonds is 6. The summed E-state index contributed by atoms with van der Waals surface area (Å²) in [4.78, 5) is 0.303. The van der Waals surface area contributed by atoms with Gasteiger partial charge in [0, 0.05) is 24.9 Å². The van der Waals surface area contributed by atoms with Crippen molar-refractivity contribution in [1.29, 1.82) is 0 Å². The molecular formula is C13H22N2O2S2. The van der Waals surface area contributed by atoms with Crippen molar-refractivity contribution in [3.8, 4) is 0 Å². The Morgan fingerprint density at radius 2 is 2.00 bits per heavy atom. The highest BCUT2D eigenvalue weighted by Crippen LogP contribution is 2.21. The fraction of sp³-hybridized carbons (Fsp3) is 0.538. The molecule has 0 radical (unpaired) electrons. The number of nitrogens with zero attached hydrogens (tertiary/aromatic N) is 1. The van der Waals surface area contributed by atoms with E-state index in [-0.39, 0.29) is 12.1 Å². The third-order valence-electron chi connectivity index (χ3n) is 3.09. The molecule has 1 rings (SSSR count). The molecule has 0 heterocycles.